The Bertz CT molecular complexity index is 674. The molecule has 0 aliphatic heterocycles. The lowest BCUT2D eigenvalue weighted by Gasteiger charge is -2.21. The van der Waals surface area contributed by atoms with Gasteiger partial charge in [-0.2, -0.15) is 0 Å². The molecule has 25 heavy (non-hydrogen) atoms. The third-order valence-corrected chi connectivity index (χ3v) is 3.82. The molecule has 0 atom stereocenters. The van der Waals surface area contributed by atoms with Crippen molar-refractivity contribution in [2.45, 2.75) is 20.3 Å². The van der Waals surface area contributed by atoms with E-state index in [4.69, 9.17) is 4.74 Å². The first-order valence-electron chi connectivity index (χ1n) is 8.54. The number of aryl methyl sites for hydroxylation is 1. The van der Waals surface area contributed by atoms with Crippen LogP contribution in [0.5, 0.6) is 5.75 Å². The van der Waals surface area contributed by atoms with Gasteiger partial charge >= 0.3 is 0 Å². The van der Waals surface area contributed by atoms with Crippen LogP contribution in [0, 0.1) is 12.7 Å². The van der Waals surface area contributed by atoms with Crippen LogP contribution in [-0.2, 0) is 4.79 Å². The molecule has 1 amide bonds. The molecule has 0 saturated carbocycles. The molecule has 134 valence electrons. The van der Waals surface area contributed by atoms with Gasteiger partial charge in [0.2, 0.25) is 5.91 Å². The molecule has 0 fully saturated rings. The third-order valence-electron chi connectivity index (χ3n) is 3.82. The van der Waals surface area contributed by atoms with E-state index in [-0.39, 0.29) is 11.7 Å². The highest BCUT2D eigenvalue weighted by Gasteiger charge is 2.11. The van der Waals surface area contributed by atoms with Crippen molar-refractivity contribution in [3.8, 4) is 5.75 Å². The smallest absolute Gasteiger partial charge is 0.238 e. The lowest BCUT2D eigenvalue weighted by atomic mass is 10.2. The molecule has 0 saturated heterocycles. The molecule has 0 aromatic heterocycles. The van der Waals surface area contributed by atoms with Gasteiger partial charge in [-0.3, -0.25) is 9.69 Å². The fourth-order valence-corrected chi connectivity index (χ4v) is 2.52. The zero-order chi connectivity index (χ0) is 18.1. The number of ether oxygens (including phenoxy) is 1. The summed E-state index contributed by atoms with van der Waals surface area (Å²) in [5, 5.41) is 2.95. The number of nitrogens with zero attached hydrogens (tertiary/aromatic N) is 1. The minimum Gasteiger partial charge on any atom is -0.492 e. The normalized spacial score (nSPS) is 10.7. The highest BCUT2D eigenvalue weighted by Crippen LogP contribution is 2.13. The van der Waals surface area contributed by atoms with Crippen molar-refractivity contribution in [1.29, 1.82) is 0 Å². The number of carbonyl (C=O) groups is 1. The Hall–Kier alpha value is -2.40. The number of hydrogen-bond donors (Lipinski definition) is 1. The molecule has 0 radical (unpaired) electrons. The number of carbonyl (C=O) groups excluding carboxylic acids is 1. The van der Waals surface area contributed by atoms with E-state index >= 15 is 0 Å². The van der Waals surface area contributed by atoms with Crippen LogP contribution < -0.4 is 10.1 Å². The number of benzene rings is 2. The molecule has 0 bridgehead atoms. The molecule has 2 rings (SSSR count). The number of para-hydroxylation sites is 1. The van der Waals surface area contributed by atoms with Gasteiger partial charge in [0, 0.05) is 12.2 Å². The highest BCUT2D eigenvalue weighted by molar-refractivity contribution is 5.92. The zero-order valence-corrected chi connectivity index (χ0v) is 14.8. The van der Waals surface area contributed by atoms with Crippen LogP contribution in [0.25, 0.3) is 0 Å². The summed E-state index contributed by atoms with van der Waals surface area (Å²) in [7, 11) is 0. The van der Waals surface area contributed by atoms with Crippen molar-refractivity contribution in [2.75, 3.05) is 31.6 Å². The van der Waals surface area contributed by atoms with Crippen LogP contribution >= 0.6 is 0 Å². The highest BCUT2D eigenvalue weighted by atomic mass is 19.1. The number of rotatable bonds is 9. The van der Waals surface area contributed by atoms with Gasteiger partial charge in [0.1, 0.15) is 18.2 Å². The number of nitrogens with one attached hydrogen (secondary N) is 1. The lowest BCUT2D eigenvalue weighted by Crippen LogP contribution is -2.36. The Balaban J connectivity index is 1.82. The summed E-state index contributed by atoms with van der Waals surface area (Å²) in [6, 6.07) is 13.7. The molecule has 4 nitrogen and oxygen atoms in total. The average molecular weight is 344 g/mol. The third kappa shape index (κ3) is 6.55. The Morgan fingerprint density at radius 1 is 1.12 bits per heavy atom. The zero-order valence-electron chi connectivity index (χ0n) is 14.8. The van der Waals surface area contributed by atoms with Crippen molar-refractivity contribution in [3.05, 3.63) is 59.9 Å². The molecule has 2 aromatic rings. The van der Waals surface area contributed by atoms with Crippen LogP contribution in [0.4, 0.5) is 10.1 Å². The van der Waals surface area contributed by atoms with Gasteiger partial charge in [0.25, 0.3) is 0 Å². The van der Waals surface area contributed by atoms with Crippen LogP contribution in [0.3, 0.4) is 0 Å². The van der Waals surface area contributed by atoms with Gasteiger partial charge in [-0.25, -0.2) is 4.39 Å². The molecular weight excluding hydrogens is 319 g/mol. The van der Waals surface area contributed by atoms with E-state index in [1.807, 2.05) is 31.2 Å². The monoisotopic (exact) mass is 344 g/mol. The molecule has 1 N–H and O–H groups in total. The maximum absolute atomic E-state index is 12.9. The number of halogens is 1. The van der Waals surface area contributed by atoms with Gasteiger partial charge < -0.3 is 10.1 Å². The number of amides is 1. The minimum absolute atomic E-state index is 0.0375. The van der Waals surface area contributed by atoms with Gasteiger partial charge in [-0.15, -0.1) is 0 Å². The second kappa shape index (κ2) is 9.79. The number of hydrogen-bond acceptors (Lipinski definition) is 3. The summed E-state index contributed by atoms with van der Waals surface area (Å²) < 4.78 is 18.5. The summed E-state index contributed by atoms with van der Waals surface area (Å²) in [5.41, 5.74) is 1.88. The van der Waals surface area contributed by atoms with Crippen molar-refractivity contribution in [1.82, 2.24) is 4.90 Å². The lowest BCUT2D eigenvalue weighted by molar-refractivity contribution is -0.117. The largest absolute Gasteiger partial charge is 0.492 e. The van der Waals surface area contributed by atoms with Crippen molar-refractivity contribution >= 4 is 11.6 Å². The molecule has 0 unspecified atom stereocenters. The summed E-state index contributed by atoms with van der Waals surface area (Å²) in [6.07, 6.45) is 0.953. The average Bonchev–Trinajstić information content (AvgIpc) is 2.59. The van der Waals surface area contributed by atoms with E-state index in [1.54, 1.807) is 12.1 Å². The summed E-state index contributed by atoms with van der Waals surface area (Å²) in [6.45, 7) is 6.25. The topological polar surface area (TPSA) is 41.6 Å². The van der Waals surface area contributed by atoms with E-state index in [9.17, 15) is 9.18 Å². The standard InChI is InChI=1S/C20H25FN2O2/c1-3-12-23(13-14-25-18-10-8-17(21)9-11-18)15-20(24)22-19-7-5-4-6-16(19)2/h4-11H,3,12-15H2,1-2H3,(H,22,24). The van der Waals surface area contributed by atoms with Gasteiger partial charge in [-0.05, 0) is 55.8 Å². The predicted octanol–water partition coefficient (Wildman–Crippen LogP) is 3.86. The molecule has 0 spiro atoms. The van der Waals surface area contributed by atoms with E-state index in [0.29, 0.717) is 25.4 Å². The first-order valence-corrected chi connectivity index (χ1v) is 8.54. The van der Waals surface area contributed by atoms with Crippen molar-refractivity contribution in [2.24, 2.45) is 0 Å². The molecule has 0 aliphatic rings. The number of anilines is 1. The summed E-state index contributed by atoms with van der Waals surface area (Å²) in [4.78, 5) is 14.3. The second-order valence-corrected chi connectivity index (χ2v) is 5.94. The van der Waals surface area contributed by atoms with Crippen LogP contribution in [0.15, 0.2) is 48.5 Å². The SMILES string of the molecule is CCCN(CCOc1ccc(F)cc1)CC(=O)Nc1ccccc1C. The minimum atomic E-state index is -0.284. The van der Waals surface area contributed by atoms with Gasteiger partial charge in [-0.1, -0.05) is 25.1 Å². The summed E-state index contributed by atoms with van der Waals surface area (Å²) in [5.74, 6) is 0.305. The Morgan fingerprint density at radius 2 is 1.84 bits per heavy atom. The van der Waals surface area contributed by atoms with E-state index in [0.717, 1.165) is 24.2 Å². The fraction of sp³-hybridized carbons (Fsp3) is 0.350. The maximum atomic E-state index is 12.9. The Morgan fingerprint density at radius 3 is 2.52 bits per heavy atom. The molecule has 0 aliphatic carbocycles. The summed E-state index contributed by atoms with van der Waals surface area (Å²) >= 11 is 0. The Kier molecular flexibility index (Phi) is 7.41. The van der Waals surface area contributed by atoms with Gasteiger partial charge in [0.15, 0.2) is 0 Å². The van der Waals surface area contributed by atoms with Crippen molar-refractivity contribution < 1.29 is 13.9 Å². The molecular formula is C20H25FN2O2. The maximum Gasteiger partial charge on any atom is 0.238 e. The Labute approximate surface area is 148 Å². The van der Waals surface area contributed by atoms with Crippen LogP contribution in [-0.4, -0.2) is 37.0 Å². The predicted molar refractivity (Wildman–Crippen MR) is 98.4 cm³/mol. The first-order chi connectivity index (χ1) is 12.1. The van der Waals surface area contributed by atoms with E-state index in [2.05, 4.69) is 17.1 Å². The van der Waals surface area contributed by atoms with Crippen LogP contribution in [0.2, 0.25) is 0 Å². The van der Waals surface area contributed by atoms with Crippen molar-refractivity contribution in [3.63, 3.8) is 0 Å². The first kappa shape index (κ1) is 18.9. The van der Waals surface area contributed by atoms with E-state index in [1.165, 1.54) is 12.1 Å². The fourth-order valence-electron chi connectivity index (χ4n) is 2.52. The van der Waals surface area contributed by atoms with E-state index < -0.39 is 0 Å². The van der Waals surface area contributed by atoms with Gasteiger partial charge in [0.05, 0.1) is 6.54 Å². The second-order valence-electron chi connectivity index (χ2n) is 5.94. The van der Waals surface area contributed by atoms with Crippen LogP contribution in [0.1, 0.15) is 18.9 Å². The molecule has 2 aromatic carbocycles. The molecule has 0 heterocycles. The quantitative estimate of drug-likeness (QED) is 0.751. The molecule has 5 heteroatoms.